The molecule has 0 bridgehead atoms. The van der Waals surface area contributed by atoms with E-state index in [0.717, 1.165) is 16.5 Å². The van der Waals surface area contributed by atoms with E-state index in [1.54, 1.807) is 6.20 Å². The zero-order chi connectivity index (χ0) is 13.5. The maximum Gasteiger partial charge on any atom is 0.187 e. The molecule has 0 spiro atoms. The zero-order valence-electron chi connectivity index (χ0n) is 9.87. The predicted molar refractivity (Wildman–Crippen MR) is 76.2 cm³/mol. The second-order valence-corrected chi connectivity index (χ2v) is 8.17. The summed E-state index contributed by atoms with van der Waals surface area (Å²) in [5.74, 6) is 0.0959. The fourth-order valence-corrected chi connectivity index (χ4v) is 5.16. The normalized spacial score (nSPS) is 15.6. The van der Waals surface area contributed by atoms with Crippen LogP contribution in [0.15, 0.2) is 16.5 Å². The van der Waals surface area contributed by atoms with E-state index in [-0.39, 0.29) is 16.0 Å². The molecule has 3 rings (SSSR count). The average Bonchev–Trinajstić information content (AvgIpc) is 2.99. The minimum absolute atomic E-state index is 0.0959. The predicted octanol–water partition coefficient (Wildman–Crippen LogP) is 1.73. The molecule has 0 saturated heterocycles. The number of aromatic nitrogens is 2. The van der Waals surface area contributed by atoms with Crippen LogP contribution in [0.2, 0.25) is 0 Å². The Bertz CT molecular complexity index is 674. The molecule has 102 valence electrons. The summed E-state index contributed by atoms with van der Waals surface area (Å²) in [5, 5.41) is 6.06. The number of nitrogens with two attached hydrogens (primary N) is 1. The van der Waals surface area contributed by atoms with Crippen LogP contribution in [0.5, 0.6) is 0 Å². The largest absolute Gasteiger partial charge is 0.382 e. The van der Waals surface area contributed by atoms with Gasteiger partial charge in [-0.15, -0.1) is 11.3 Å². The Morgan fingerprint density at radius 2 is 2.26 bits per heavy atom. The first-order valence-corrected chi connectivity index (χ1v) is 8.90. The van der Waals surface area contributed by atoms with Gasteiger partial charge in [-0.25, -0.2) is 13.4 Å². The van der Waals surface area contributed by atoms with E-state index in [2.05, 4.69) is 14.7 Å². The van der Waals surface area contributed by atoms with E-state index in [9.17, 15) is 8.42 Å². The van der Waals surface area contributed by atoms with Gasteiger partial charge >= 0.3 is 0 Å². The van der Waals surface area contributed by atoms with Crippen LogP contribution in [-0.2, 0) is 16.4 Å². The van der Waals surface area contributed by atoms with Gasteiger partial charge in [-0.1, -0.05) is 0 Å². The van der Waals surface area contributed by atoms with E-state index < -0.39 is 9.84 Å². The van der Waals surface area contributed by atoms with Crippen molar-refractivity contribution in [2.24, 2.45) is 0 Å². The van der Waals surface area contributed by atoms with Crippen LogP contribution in [0.3, 0.4) is 0 Å². The highest BCUT2D eigenvalue weighted by Crippen LogP contribution is 2.41. The van der Waals surface area contributed by atoms with Gasteiger partial charge in [0.1, 0.15) is 14.9 Å². The first-order chi connectivity index (χ1) is 9.09. The van der Waals surface area contributed by atoms with E-state index in [4.69, 9.17) is 5.73 Å². The Labute approximate surface area is 118 Å². The summed E-state index contributed by atoms with van der Waals surface area (Å²) >= 11 is 2.59. The van der Waals surface area contributed by atoms with Crippen LogP contribution in [0.25, 0.3) is 0 Å². The Balaban J connectivity index is 1.86. The molecule has 1 saturated carbocycles. The smallest absolute Gasteiger partial charge is 0.187 e. The van der Waals surface area contributed by atoms with Gasteiger partial charge in [0.05, 0.1) is 11.8 Å². The summed E-state index contributed by atoms with van der Waals surface area (Å²) in [5.41, 5.74) is 5.71. The van der Waals surface area contributed by atoms with Crippen molar-refractivity contribution in [3.63, 3.8) is 0 Å². The number of nitrogen functional groups attached to an aromatic ring is 1. The SMILES string of the molecule is Nc1nsc(NCc2nccs2)c1S(=O)(=O)C1CC1. The second-order valence-electron chi connectivity index (χ2n) is 4.25. The van der Waals surface area contributed by atoms with E-state index in [1.807, 2.05) is 5.38 Å². The molecule has 1 aliphatic carbocycles. The minimum Gasteiger partial charge on any atom is -0.382 e. The van der Waals surface area contributed by atoms with Gasteiger partial charge in [0, 0.05) is 11.6 Å². The summed E-state index contributed by atoms with van der Waals surface area (Å²) in [6.07, 6.45) is 3.14. The number of hydrogen-bond acceptors (Lipinski definition) is 8. The molecule has 1 aliphatic rings. The highest BCUT2D eigenvalue weighted by atomic mass is 32.2. The van der Waals surface area contributed by atoms with Crippen LogP contribution < -0.4 is 11.1 Å². The molecule has 1 fully saturated rings. The van der Waals surface area contributed by atoms with E-state index in [0.29, 0.717) is 24.4 Å². The number of thiazole rings is 1. The number of nitrogens with one attached hydrogen (secondary N) is 1. The topological polar surface area (TPSA) is 98.0 Å². The van der Waals surface area contributed by atoms with Crippen LogP contribution in [-0.4, -0.2) is 23.0 Å². The van der Waals surface area contributed by atoms with Crippen LogP contribution in [0, 0.1) is 0 Å². The lowest BCUT2D eigenvalue weighted by Crippen LogP contribution is -2.11. The molecule has 2 aromatic heterocycles. The van der Waals surface area contributed by atoms with Crippen molar-refractivity contribution in [2.45, 2.75) is 29.5 Å². The maximum absolute atomic E-state index is 12.3. The van der Waals surface area contributed by atoms with E-state index >= 15 is 0 Å². The first kappa shape index (κ1) is 12.8. The van der Waals surface area contributed by atoms with Crippen molar-refractivity contribution < 1.29 is 8.42 Å². The summed E-state index contributed by atoms with van der Waals surface area (Å²) in [6, 6.07) is 0. The molecule has 3 N–H and O–H groups in total. The lowest BCUT2D eigenvalue weighted by Gasteiger charge is -2.06. The Morgan fingerprint density at radius 1 is 1.47 bits per heavy atom. The quantitative estimate of drug-likeness (QED) is 0.871. The van der Waals surface area contributed by atoms with Gasteiger partial charge in [0.2, 0.25) is 0 Å². The lowest BCUT2D eigenvalue weighted by molar-refractivity contribution is 0.595. The summed E-state index contributed by atoms with van der Waals surface area (Å²) < 4.78 is 28.5. The van der Waals surface area contributed by atoms with Gasteiger partial charge in [-0.2, -0.15) is 4.37 Å². The number of anilines is 2. The highest BCUT2D eigenvalue weighted by molar-refractivity contribution is 7.92. The third-order valence-electron chi connectivity index (χ3n) is 2.81. The third kappa shape index (κ3) is 2.45. The van der Waals surface area contributed by atoms with Crippen LogP contribution in [0.1, 0.15) is 17.8 Å². The van der Waals surface area contributed by atoms with Crippen molar-refractivity contribution in [1.29, 1.82) is 0 Å². The number of hydrogen-bond donors (Lipinski definition) is 2. The molecular formula is C10H12N4O2S3. The minimum atomic E-state index is -3.33. The van der Waals surface area contributed by atoms with Crippen molar-refractivity contribution in [2.75, 3.05) is 11.1 Å². The fourth-order valence-electron chi connectivity index (χ4n) is 1.72. The molecular weight excluding hydrogens is 304 g/mol. The molecule has 0 unspecified atom stereocenters. The Kier molecular flexibility index (Phi) is 3.19. The van der Waals surface area contributed by atoms with Crippen LogP contribution >= 0.6 is 22.9 Å². The van der Waals surface area contributed by atoms with Gasteiger partial charge in [0.25, 0.3) is 0 Å². The Hall–Kier alpha value is -1.19. The van der Waals surface area contributed by atoms with Gasteiger partial charge in [-0.3, -0.25) is 0 Å². The highest BCUT2D eigenvalue weighted by Gasteiger charge is 2.40. The standard InChI is InChI=1S/C10H12N4O2S3/c11-9-8(19(15,16)6-1-2-6)10(18-14-9)13-5-7-12-3-4-17-7/h3-4,6,13H,1-2,5H2,(H2,11,14). The van der Waals surface area contributed by atoms with Crippen LogP contribution in [0.4, 0.5) is 10.8 Å². The van der Waals surface area contributed by atoms with Gasteiger partial charge in [0.15, 0.2) is 15.7 Å². The molecule has 0 radical (unpaired) electrons. The molecule has 9 heteroatoms. The van der Waals surface area contributed by atoms with Gasteiger partial charge < -0.3 is 11.1 Å². The van der Waals surface area contributed by atoms with Crippen molar-refractivity contribution >= 4 is 43.5 Å². The summed E-state index contributed by atoms with van der Waals surface area (Å²) in [6.45, 7) is 0.479. The monoisotopic (exact) mass is 316 g/mol. The Morgan fingerprint density at radius 3 is 2.89 bits per heavy atom. The van der Waals surface area contributed by atoms with Crippen molar-refractivity contribution in [1.82, 2.24) is 9.36 Å². The third-order valence-corrected chi connectivity index (χ3v) is 6.86. The average molecular weight is 316 g/mol. The molecule has 0 aromatic carbocycles. The molecule has 2 aromatic rings. The fraction of sp³-hybridized carbons (Fsp3) is 0.400. The number of sulfone groups is 1. The maximum atomic E-state index is 12.3. The zero-order valence-corrected chi connectivity index (χ0v) is 12.3. The lowest BCUT2D eigenvalue weighted by atomic mass is 10.5. The summed E-state index contributed by atoms with van der Waals surface area (Å²) in [7, 11) is -3.33. The van der Waals surface area contributed by atoms with E-state index in [1.165, 1.54) is 11.3 Å². The number of nitrogens with zero attached hydrogens (tertiary/aromatic N) is 2. The molecule has 0 amide bonds. The molecule has 0 aliphatic heterocycles. The second kappa shape index (κ2) is 4.73. The number of rotatable bonds is 5. The molecule has 6 nitrogen and oxygen atoms in total. The summed E-state index contributed by atoms with van der Waals surface area (Å²) in [4.78, 5) is 4.30. The van der Waals surface area contributed by atoms with Gasteiger partial charge in [-0.05, 0) is 24.4 Å². The first-order valence-electron chi connectivity index (χ1n) is 5.70. The molecule has 19 heavy (non-hydrogen) atoms. The van der Waals surface area contributed by atoms with Crippen molar-refractivity contribution in [3.05, 3.63) is 16.6 Å². The van der Waals surface area contributed by atoms with Crippen molar-refractivity contribution in [3.8, 4) is 0 Å². The molecule has 2 heterocycles. The molecule has 0 atom stereocenters.